The Morgan fingerprint density at radius 3 is 2.94 bits per heavy atom. The van der Waals surface area contributed by atoms with E-state index >= 15 is 0 Å². The molecule has 1 atom stereocenters. The van der Waals surface area contributed by atoms with Crippen LogP contribution < -0.4 is 10.6 Å². The van der Waals surface area contributed by atoms with Crippen molar-refractivity contribution < 1.29 is 4.42 Å². The number of rotatable bonds is 2. The maximum absolute atomic E-state index is 5.84. The number of hydrogen-bond donors (Lipinski definition) is 1. The highest BCUT2D eigenvalue weighted by molar-refractivity contribution is 5.57. The Morgan fingerprint density at radius 2 is 2.18 bits per heavy atom. The van der Waals surface area contributed by atoms with Crippen LogP contribution >= 0.6 is 0 Å². The van der Waals surface area contributed by atoms with Crippen LogP contribution in [0.2, 0.25) is 0 Å². The van der Waals surface area contributed by atoms with Gasteiger partial charge < -0.3 is 15.1 Å². The number of nitrogen functional groups attached to an aromatic ring is 1. The van der Waals surface area contributed by atoms with Crippen LogP contribution in [0.25, 0.3) is 0 Å². The molecule has 0 saturated carbocycles. The van der Waals surface area contributed by atoms with E-state index in [1.807, 2.05) is 24.3 Å². The zero-order chi connectivity index (χ0) is 11.7. The maximum atomic E-state index is 5.84. The standard InChI is InChI=1S/C14H16N2O/c15-11-4-1-5-12(10-11)16-8-2-6-13(16)14-7-3-9-17-14/h1,3-5,7,9-10,13H,2,6,8,15H2. The quantitative estimate of drug-likeness (QED) is 0.802. The molecule has 88 valence electrons. The summed E-state index contributed by atoms with van der Waals surface area (Å²) in [7, 11) is 0. The maximum Gasteiger partial charge on any atom is 0.126 e. The monoisotopic (exact) mass is 228 g/mol. The molecular formula is C14H16N2O. The number of benzene rings is 1. The molecule has 1 aromatic heterocycles. The summed E-state index contributed by atoms with van der Waals surface area (Å²) in [6.45, 7) is 1.06. The van der Waals surface area contributed by atoms with Gasteiger partial charge in [-0.05, 0) is 43.2 Å². The van der Waals surface area contributed by atoms with Crippen molar-refractivity contribution in [2.45, 2.75) is 18.9 Å². The molecule has 1 fully saturated rings. The molecule has 3 heteroatoms. The molecule has 3 nitrogen and oxygen atoms in total. The molecule has 17 heavy (non-hydrogen) atoms. The summed E-state index contributed by atoms with van der Waals surface area (Å²) in [5, 5.41) is 0. The molecule has 0 bridgehead atoms. The van der Waals surface area contributed by atoms with Gasteiger partial charge in [0.25, 0.3) is 0 Å². The average molecular weight is 228 g/mol. The summed E-state index contributed by atoms with van der Waals surface area (Å²) >= 11 is 0. The third-order valence-corrected chi connectivity index (χ3v) is 3.33. The summed E-state index contributed by atoms with van der Waals surface area (Å²) in [5.41, 5.74) is 7.84. The Morgan fingerprint density at radius 1 is 1.24 bits per heavy atom. The number of furan rings is 1. The van der Waals surface area contributed by atoms with Gasteiger partial charge in [0.1, 0.15) is 5.76 Å². The Balaban J connectivity index is 1.92. The molecule has 1 aliphatic rings. The lowest BCUT2D eigenvalue weighted by Crippen LogP contribution is -2.22. The number of anilines is 2. The van der Waals surface area contributed by atoms with E-state index in [2.05, 4.69) is 17.0 Å². The first-order chi connectivity index (χ1) is 8.34. The summed E-state index contributed by atoms with van der Waals surface area (Å²) in [6.07, 6.45) is 4.08. The lowest BCUT2D eigenvalue weighted by molar-refractivity contribution is 0.465. The van der Waals surface area contributed by atoms with E-state index in [1.54, 1.807) is 6.26 Å². The first kappa shape index (κ1) is 10.3. The van der Waals surface area contributed by atoms with Gasteiger partial charge in [0.05, 0.1) is 12.3 Å². The largest absolute Gasteiger partial charge is 0.467 e. The van der Waals surface area contributed by atoms with Crippen molar-refractivity contribution in [3.05, 3.63) is 48.4 Å². The second-order valence-corrected chi connectivity index (χ2v) is 4.46. The fourth-order valence-corrected chi connectivity index (χ4v) is 2.56. The van der Waals surface area contributed by atoms with Crippen LogP contribution in [0.3, 0.4) is 0 Å². The topological polar surface area (TPSA) is 42.4 Å². The van der Waals surface area contributed by atoms with Crippen molar-refractivity contribution in [3.63, 3.8) is 0 Å². The lowest BCUT2D eigenvalue weighted by atomic mass is 10.1. The average Bonchev–Trinajstić information content (AvgIpc) is 3.00. The van der Waals surface area contributed by atoms with Gasteiger partial charge in [-0.15, -0.1) is 0 Å². The fourth-order valence-electron chi connectivity index (χ4n) is 2.56. The van der Waals surface area contributed by atoms with E-state index < -0.39 is 0 Å². The number of nitrogens with two attached hydrogens (primary N) is 1. The summed E-state index contributed by atoms with van der Waals surface area (Å²) in [5.74, 6) is 1.05. The predicted molar refractivity (Wildman–Crippen MR) is 68.9 cm³/mol. The molecule has 1 aliphatic heterocycles. The molecule has 0 aliphatic carbocycles. The first-order valence-corrected chi connectivity index (χ1v) is 6.00. The molecule has 1 saturated heterocycles. The zero-order valence-corrected chi connectivity index (χ0v) is 9.67. The number of hydrogen-bond acceptors (Lipinski definition) is 3. The molecule has 2 N–H and O–H groups in total. The molecule has 0 radical (unpaired) electrons. The van der Waals surface area contributed by atoms with Crippen molar-refractivity contribution in [2.24, 2.45) is 0 Å². The van der Waals surface area contributed by atoms with E-state index in [0.717, 1.165) is 24.4 Å². The first-order valence-electron chi connectivity index (χ1n) is 6.00. The Bertz CT molecular complexity index is 493. The van der Waals surface area contributed by atoms with Gasteiger partial charge in [-0.1, -0.05) is 6.07 Å². The minimum atomic E-state index is 0.354. The molecule has 3 rings (SSSR count). The third kappa shape index (κ3) is 1.88. The van der Waals surface area contributed by atoms with Gasteiger partial charge in [-0.3, -0.25) is 0 Å². The zero-order valence-electron chi connectivity index (χ0n) is 9.67. The van der Waals surface area contributed by atoms with Crippen LogP contribution in [0.5, 0.6) is 0 Å². The highest BCUT2D eigenvalue weighted by Crippen LogP contribution is 2.36. The fraction of sp³-hybridized carbons (Fsp3) is 0.286. The van der Waals surface area contributed by atoms with Crippen molar-refractivity contribution in [1.29, 1.82) is 0 Å². The van der Waals surface area contributed by atoms with Gasteiger partial charge >= 0.3 is 0 Å². The Labute approximate surface area is 101 Å². The molecule has 2 aromatic rings. The second kappa shape index (κ2) is 4.17. The third-order valence-electron chi connectivity index (χ3n) is 3.33. The van der Waals surface area contributed by atoms with E-state index in [4.69, 9.17) is 10.2 Å². The Kier molecular flexibility index (Phi) is 2.52. The van der Waals surface area contributed by atoms with E-state index in [9.17, 15) is 0 Å². The highest BCUT2D eigenvalue weighted by Gasteiger charge is 2.28. The van der Waals surface area contributed by atoms with Crippen molar-refractivity contribution >= 4 is 11.4 Å². The van der Waals surface area contributed by atoms with Gasteiger partial charge in [-0.25, -0.2) is 0 Å². The van der Waals surface area contributed by atoms with Crippen LogP contribution in [0, 0.1) is 0 Å². The summed E-state index contributed by atoms with van der Waals surface area (Å²) in [6, 6.07) is 12.4. The van der Waals surface area contributed by atoms with Crippen LogP contribution in [-0.2, 0) is 0 Å². The van der Waals surface area contributed by atoms with Crippen LogP contribution in [-0.4, -0.2) is 6.54 Å². The summed E-state index contributed by atoms with van der Waals surface area (Å²) < 4.78 is 5.53. The Hall–Kier alpha value is -1.90. The minimum absolute atomic E-state index is 0.354. The van der Waals surface area contributed by atoms with E-state index in [-0.39, 0.29) is 0 Å². The van der Waals surface area contributed by atoms with Gasteiger partial charge in [0.15, 0.2) is 0 Å². The molecule has 0 amide bonds. The van der Waals surface area contributed by atoms with Gasteiger partial charge in [-0.2, -0.15) is 0 Å². The van der Waals surface area contributed by atoms with Gasteiger partial charge in [0.2, 0.25) is 0 Å². The van der Waals surface area contributed by atoms with Crippen molar-refractivity contribution in [3.8, 4) is 0 Å². The molecule has 1 aromatic carbocycles. The SMILES string of the molecule is Nc1cccc(N2CCCC2c2ccco2)c1. The van der Waals surface area contributed by atoms with E-state index in [0.29, 0.717) is 6.04 Å². The smallest absolute Gasteiger partial charge is 0.126 e. The lowest BCUT2D eigenvalue weighted by Gasteiger charge is -2.25. The van der Waals surface area contributed by atoms with Gasteiger partial charge in [0, 0.05) is 17.9 Å². The van der Waals surface area contributed by atoms with Crippen molar-refractivity contribution in [2.75, 3.05) is 17.2 Å². The normalized spacial score (nSPS) is 19.8. The predicted octanol–water partition coefficient (Wildman–Crippen LogP) is 3.20. The highest BCUT2D eigenvalue weighted by atomic mass is 16.3. The van der Waals surface area contributed by atoms with E-state index in [1.165, 1.54) is 12.1 Å². The summed E-state index contributed by atoms with van der Waals surface area (Å²) in [4.78, 5) is 2.37. The minimum Gasteiger partial charge on any atom is -0.467 e. The van der Waals surface area contributed by atoms with Crippen LogP contribution in [0.1, 0.15) is 24.6 Å². The second-order valence-electron chi connectivity index (χ2n) is 4.46. The molecular weight excluding hydrogens is 212 g/mol. The van der Waals surface area contributed by atoms with Crippen molar-refractivity contribution in [1.82, 2.24) is 0 Å². The molecule has 1 unspecified atom stereocenters. The molecule has 0 spiro atoms. The molecule has 2 heterocycles. The van der Waals surface area contributed by atoms with Crippen LogP contribution in [0.4, 0.5) is 11.4 Å². The number of nitrogens with zero attached hydrogens (tertiary/aromatic N) is 1. The van der Waals surface area contributed by atoms with Crippen LogP contribution in [0.15, 0.2) is 47.1 Å².